The molecule has 1 atom stereocenters. The zero-order valence-electron chi connectivity index (χ0n) is 12.0. The predicted octanol–water partition coefficient (Wildman–Crippen LogP) is 2.31. The molecule has 1 unspecified atom stereocenters. The summed E-state index contributed by atoms with van der Waals surface area (Å²) in [5, 5.41) is 6.23. The molecule has 0 aromatic carbocycles. The number of carbonyl (C=O) groups excluding carboxylic acids is 1. The van der Waals surface area contributed by atoms with Crippen LogP contribution >= 0.6 is 0 Å². The van der Waals surface area contributed by atoms with Crippen LogP contribution in [0.25, 0.3) is 0 Å². The molecule has 1 aliphatic rings. The van der Waals surface area contributed by atoms with Crippen LogP contribution in [-0.2, 0) is 11.3 Å². The van der Waals surface area contributed by atoms with Crippen molar-refractivity contribution in [3.63, 3.8) is 0 Å². The van der Waals surface area contributed by atoms with Crippen molar-refractivity contribution in [1.29, 1.82) is 0 Å². The second kappa shape index (κ2) is 5.78. The first-order chi connectivity index (χ1) is 9.03. The van der Waals surface area contributed by atoms with Crippen LogP contribution in [0.4, 0.5) is 0 Å². The van der Waals surface area contributed by atoms with Gasteiger partial charge in [-0.2, -0.15) is 0 Å². The van der Waals surface area contributed by atoms with E-state index in [2.05, 4.69) is 24.5 Å². The lowest BCUT2D eigenvalue weighted by Crippen LogP contribution is -2.44. The Kier molecular flexibility index (Phi) is 4.30. The predicted molar refractivity (Wildman–Crippen MR) is 74.5 cm³/mol. The highest BCUT2D eigenvalue weighted by atomic mass is 16.3. The van der Waals surface area contributed by atoms with Crippen molar-refractivity contribution >= 4 is 5.91 Å². The molecule has 1 aromatic heterocycles. The minimum atomic E-state index is -0.161. The molecule has 19 heavy (non-hydrogen) atoms. The molecule has 0 spiro atoms. The molecule has 1 aliphatic carbocycles. The molecule has 2 N–H and O–H groups in total. The number of carbonyl (C=O) groups is 1. The molecule has 0 radical (unpaired) electrons. The lowest BCUT2D eigenvalue weighted by Gasteiger charge is -2.22. The maximum absolute atomic E-state index is 11.9. The van der Waals surface area contributed by atoms with Crippen LogP contribution in [0.15, 0.2) is 22.8 Å². The molecular formula is C15H24N2O2. The zero-order valence-corrected chi connectivity index (χ0v) is 12.0. The summed E-state index contributed by atoms with van der Waals surface area (Å²) in [5.41, 5.74) is 0.426. The topological polar surface area (TPSA) is 54.3 Å². The Hall–Kier alpha value is -1.29. The van der Waals surface area contributed by atoms with Gasteiger partial charge in [-0.15, -0.1) is 0 Å². The fraction of sp³-hybridized carbons (Fsp3) is 0.667. The van der Waals surface area contributed by atoms with Gasteiger partial charge in [0.2, 0.25) is 5.91 Å². The van der Waals surface area contributed by atoms with Crippen molar-refractivity contribution in [2.24, 2.45) is 11.3 Å². The maximum atomic E-state index is 11.9. The minimum absolute atomic E-state index is 0.0240. The summed E-state index contributed by atoms with van der Waals surface area (Å²) in [7, 11) is 0. The van der Waals surface area contributed by atoms with Gasteiger partial charge in [-0.05, 0) is 43.2 Å². The van der Waals surface area contributed by atoms with E-state index in [1.54, 1.807) is 6.26 Å². The summed E-state index contributed by atoms with van der Waals surface area (Å²) in [6, 6.07) is 3.52. The number of amides is 1. The third-order valence-corrected chi connectivity index (χ3v) is 4.29. The normalized spacial score (nSPS) is 18.3. The van der Waals surface area contributed by atoms with Crippen molar-refractivity contribution in [1.82, 2.24) is 10.6 Å². The van der Waals surface area contributed by atoms with E-state index in [0.717, 1.165) is 12.3 Å². The van der Waals surface area contributed by atoms with E-state index < -0.39 is 0 Å². The molecule has 1 aromatic rings. The third-order valence-electron chi connectivity index (χ3n) is 4.29. The fourth-order valence-corrected chi connectivity index (χ4v) is 2.31. The molecule has 1 heterocycles. The average molecular weight is 264 g/mol. The van der Waals surface area contributed by atoms with Gasteiger partial charge >= 0.3 is 0 Å². The van der Waals surface area contributed by atoms with Crippen LogP contribution in [-0.4, -0.2) is 18.5 Å². The standard InChI is InChI=1S/C15H24N2O2/c1-11(2)15(6-7-15)10-17-12(3)14(18)16-9-13-5-4-8-19-13/h4-5,8,11-12,17H,6-7,9-10H2,1-3H3,(H,16,18). The quantitative estimate of drug-likeness (QED) is 0.794. The van der Waals surface area contributed by atoms with Gasteiger partial charge in [0.1, 0.15) is 5.76 Å². The summed E-state index contributed by atoms with van der Waals surface area (Å²) < 4.78 is 5.18. The molecule has 1 saturated carbocycles. The number of hydrogen-bond donors (Lipinski definition) is 2. The Bertz CT molecular complexity index is 408. The lowest BCUT2D eigenvalue weighted by molar-refractivity contribution is -0.123. The maximum Gasteiger partial charge on any atom is 0.237 e. The summed E-state index contributed by atoms with van der Waals surface area (Å²) in [6.45, 7) is 7.81. The van der Waals surface area contributed by atoms with Gasteiger partial charge in [-0.1, -0.05) is 13.8 Å². The van der Waals surface area contributed by atoms with Gasteiger partial charge < -0.3 is 15.1 Å². The van der Waals surface area contributed by atoms with Gasteiger partial charge in [0, 0.05) is 6.54 Å². The van der Waals surface area contributed by atoms with Crippen LogP contribution in [0.1, 0.15) is 39.4 Å². The molecule has 0 saturated heterocycles. The van der Waals surface area contributed by atoms with Crippen LogP contribution in [0.5, 0.6) is 0 Å². The molecule has 2 rings (SSSR count). The minimum Gasteiger partial charge on any atom is -0.467 e. The van der Waals surface area contributed by atoms with E-state index in [9.17, 15) is 4.79 Å². The van der Waals surface area contributed by atoms with Crippen LogP contribution in [0, 0.1) is 11.3 Å². The van der Waals surface area contributed by atoms with Crippen LogP contribution in [0.2, 0.25) is 0 Å². The lowest BCUT2D eigenvalue weighted by atomic mass is 9.92. The first-order valence-electron chi connectivity index (χ1n) is 7.07. The van der Waals surface area contributed by atoms with Crippen molar-refractivity contribution in [2.45, 2.75) is 46.2 Å². The van der Waals surface area contributed by atoms with E-state index in [-0.39, 0.29) is 11.9 Å². The Labute approximate surface area is 114 Å². The highest BCUT2D eigenvalue weighted by Crippen LogP contribution is 2.51. The highest BCUT2D eigenvalue weighted by molar-refractivity contribution is 5.81. The average Bonchev–Trinajstić information content (AvgIpc) is 3.01. The van der Waals surface area contributed by atoms with Crippen molar-refractivity contribution in [2.75, 3.05) is 6.54 Å². The second-order valence-corrected chi connectivity index (χ2v) is 5.92. The third kappa shape index (κ3) is 3.60. The molecule has 1 amide bonds. The smallest absolute Gasteiger partial charge is 0.237 e. The van der Waals surface area contributed by atoms with Crippen LogP contribution in [0.3, 0.4) is 0 Å². The van der Waals surface area contributed by atoms with Gasteiger partial charge in [0.05, 0.1) is 18.8 Å². The monoisotopic (exact) mass is 264 g/mol. The molecule has 0 bridgehead atoms. The summed E-state index contributed by atoms with van der Waals surface area (Å²) in [4.78, 5) is 11.9. The Morgan fingerprint density at radius 1 is 1.42 bits per heavy atom. The van der Waals surface area contributed by atoms with E-state index in [1.165, 1.54) is 12.8 Å². The molecule has 0 aliphatic heterocycles. The Morgan fingerprint density at radius 2 is 2.16 bits per heavy atom. The summed E-state index contributed by atoms with van der Waals surface area (Å²) in [5.74, 6) is 1.48. The first kappa shape index (κ1) is 14.1. The number of nitrogens with one attached hydrogen (secondary N) is 2. The first-order valence-corrected chi connectivity index (χ1v) is 7.07. The molecule has 4 heteroatoms. The number of furan rings is 1. The summed E-state index contributed by atoms with van der Waals surface area (Å²) in [6.07, 6.45) is 4.17. The molecule has 1 fully saturated rings. The van der Waals surface area contributed by atoms with E-state index in [1.807, 2.05) is 19.1 Å². The van der Waals surface area contributed by atoms with Gasteiger partial charge in [-0.25, -0.2) is 0 Å². The van der Waals surface area contributed by atoms with Gasteiger partial charge in [-0.3, -0.25) is 4.79 Å². The zero-order chi connectivity index (χ0) is 13.9. The number of rotatable bonds is 7. The second-order valence-electron chi connectivity index (χ2n) is 5.92. The summed E-state index contributed by atoms with van der Waals surface area (Å²) >= 11 is 0. The van der Waals surface area contributed by atoms with Crippen LogP contribution < -0.4 is 10.6 Å². The molecule has 106 valence electrons. The fourth-order valence-electron chi connectivity index (χ4n) is 2.31. The van der Waals surface area contributed by atoms with E-state index >= 15 is 0 Å². The largest absolute Gasteiger partial charge is 0.467 e. The molecular weight excluding hydrogens is 240 g/mol. The van der Waals surface area contributed by atoms with E-state index in [0.29, 0.717) is 17.9 Å². The van der Waals surface area contributed by atoms with Gasteiger partial charge in [0.15, 0.2) is 0 Å². The van der Waals surface area contributed by atoms with Crippen molar-refractivity contribution in [3.05, 3.63) is 24.2 Å². The molecule has 4 nitrogen and oxygen atoms in total. The van der Waals surface area contributed by atoms with E-state index in [4.69, 9.17) is 4.42 Å². The van der Waals surface area contributed by atoms with Crippen molar-refractivity contribution in [3.8, 4) is 0 Å². The Balaban J connectivity index is 1.71. The number of hydrogen-bond acceptors (Lipinski definition) is 3. The highest BCUT2D eigenvalue weighted by Gasteiger charge is 2.45. The van der Waals surface area contributed by atoms with Gasteiger partial charge in [0.25, 0.3) is 0 Å². The Morgan fingerprint density at radius 3 is 2.68 bits per heavy atom. The SMILES string of the molecule is CC(NCC1(C(C)C)CC1)C(=O)NCc1ccco1. The van der Waals surface area contributed by atoms with Crippen molar-refractivity contribution < 1.29 is 9.21 Å².